The van der Waals surface area contributed by atoms with Crippen molar-refractivity contribution in [3.8, 4) is 0 Å². The van der Waals surface area contributed by atoms with Gasteiger partial charge < -0.3 is 24.9 Å². The first-order chi connectivity index (χ1) is 13.2. The molecule has 10 nitrogen and oxygen atoms in total. The molecule has 150 valence electrons. The highest BCUT2D eigenvalue weighted by molar-refractivity contribution is 7.50. The fourth-order valence-corrected chi connectivity index (χ4v) is 4.13. The van der Waals surface area contributed by atoms with Crippen LogP contribution in [0.25, 0.3) is 0 Å². The van der Waals surface area contributed by atoms with Crippen molar-refractivity contribution in [1.29, 1.82) is 0 Å². The molecule has 2 aliphatic rings. The molecule has 28 heavy (non-hydrogen) atoms. The summed E-state index contributed by atoms with van der Waals surface area (Å²) in [5.41, 5.74) is -0.913. The van der Waals surface area contributed by atoms with E-state index in [9.17, 15) is 19.6 Å². The van der Waals surface area contributed by atoms with E-state index >= 15 is 0 Å². The van der Waals surface area contributed by atoms with Gasteiger partial charge in [-0.2, -0.15) is 0 Å². The number of rotatable bonds is 7. The number of anilines is 1. The normalized spacial score (nSPS) is 23.1. The van der Waals surface area contributed by atoms with Crippen molar-refractivity contribution < 1.29 is 29.4 Å². The Morgan fingerprint density at radius 1 is 1.29 bits per heavy atom. The van der Waals surface area contributed by atoms with Gasteiger partial charge in [0.1, 0.15) is 12.0 Å². The molecule has 0 bridgehead atoms. The smallest absolute Gasteiger partial charge is 0.346 e. The highest BCUT2D eigenvalue weighted by atomic mass is 31.2. The van der Waals surface area contributed by atoms with Crippen LogP contribution in [-0.4, -0.2) is 47.0 Å². The number of aliphatic hydroxyl groups excluding tert-OH is 1. The second kappa shape index (κ2) is 6.75. The van der Waals surface area contributed by atoms with Gasteiger partial charge in [0, 0.05) is 5.56 Å². The molecule has 1 amide bonds. The first kappa shape index (κ1) is 19.2. The Morgan fingerprint density at radius 2 is 2.00 bits per heavy atom. The number of nitrogens with zero attached hydrogens (tertiary/aromatic N) is 4. The molecule has 0 radical (unpaired) electrons. The summed E-state index contributed by atoms with van der Waals surface area (Å²) in [5, 5.41) is 29.3. The van der Waals surface area contributed by atoms with Gasteiger partial charge in [0.05, 0.1) is 24.5 Å². The second-order valence-corrected chi connectivity index (χ2v) is 9.04. The number of carbonyl (C=O) groups is 1. The molecule has 1 aliphatic heterocycles. The van der Waals surface area contributed by atoms with Gasteiger partial charge in [0.2, 0.25) is 0 Å². The third-order valence-electron chi connectivity index (χ3n) is 5.15. The number of benzene rings is 1. The molecule has 1 aromatic carbocycles. The van der Waals surface area contributed by atoms with Crippen LogP contribution in [0.4, 0.5) is 5.69 Å². The number of fused-ring (bicyclic) bond motifs is 1. The Kier molecular flexibility index (Phi) is 4.64. The van der Waals surface area contributed by atoms with Gasteiger partial charge in [0.25, 0.3) is 5.91 Å². The number of hydrogen-bond donors (Lipinski definition) is 4. The second-order valence-electron chi connectivity index (χ2n) is 7.43. The molecule has 1 aromatic heterocycles. The van der Waals surface area contributed by atoms with Gasteiger partial charge in [0.15, 0.2) is 5.60 Å². The first-order valence-electron chi connectivity index (χ1n) is 8.94. The van der Waals surface area contributed by atoms with Gasteiger partial charge in [-0.3, -0.25) is 9.36 Å². The highest BCUT2D eigenvalue weighted by Gasteiger charge is 2.55. The monoisotopic (exact) mass is 408 g/mol. The predicted octanol–water partition coefficient (Wildman–Crippen LogP) is 0.309. The molecule has 2 aromatic rings. The third-order valence-corrected chi connectivity index (χ3v) is 5.81. The van der Waals surface area contributed by atoms with Crippen molar-refractivity contribution in [3.05, 3.63) is 41.7 Å². The van der Waals surface area contributed by atoms with Crippen molar-refractivity contribution in [3.63, 3.8) is 0 Å². The van der Waals surface area contributed by atoms with Crippen LogP contribution in [0.5, 0.6) is 0 Å². The Morgan fingerprint density at radius 3 is 2.68 bits per heavy atom. The molecule has 1 saturated carbocycles. The van der Waals surface area contributed by atoms with Gasteiger partial charge >= 0.3 is 7.60 Å². The fraction of sp³-hybridized carbons (Fsp3) is 0.471. The van der Waals surface area contributed by atoms with E-state index in [4.69, 9.17) is 9.79 Å². The van der Waals surface area contributed by atoms with Crippen LogP contribution in [0.15, 0.2) is 30.5 Å². The lowest BCUT2D eigenvalue weighted by Gasteiger charge is -2.28. The minimum atomic E-state index is -4.31. The molecular weight excluding hydrogens is 387 g/mol. The van der Waals surface area contributed by atoms with E-state index in [2.05, 4.69) is 10.3 Å². The number of amides is 1. The van der Waals surface area contributed by atoms with Crippen LogP contribution in [0.1, 0.15) is 30.5 Å². The molecule has 11 heteroatoms. The molecule has 0 saturated heterocycles. The highest BCUT2D eigenvalue weighted by Crippen LogP contribution is 2.46. The molecule has 0 spiro atoms. The van der Waals surface area contributed by atoms with E-state index in [1.807, 2.05) is 0 Å². The van der Waals surface area contributed by atoms with E-state index in [0.29, 0.717) is 29.3 Å². The predicted molar refractivity (Wildman–Crippen MR) is 96.9 cm³/mol. The minimum absolute atomic E-state index is 0.0462. The van der Waals surface area contributed by atoms with Crippen molar-refractivity contribution in [2.24, 2.45) is 5.92 Å². The lowest BCUT2D eigenvalue weighted by molar-refractivity contribution is -0.150. The summed E-state index contributed by atoms with van der Waals surface area (Å²) in [6, 6.07) is 6.71. The Bertz CT molecular complexity index is 955. The van der Waals surface area contributed by atoms with E-state index in [1.165, 1.54) is 11.1 Å². The molecule has 4 N–H and O–H groups in total. The summed E-state index contributed by atoms with van der Waals surface area (Å²) < 4.78 is 12.1. The van der Waals surface area contributed by atoms with Crippen LogP contribution in [0.2, 0.25) is 0 Å². The van der Waals surface area contributed by atoms with E-state index < -0.39 is 31.5 Å². The van der Waals surface area contributed by atoms with Crippen molar-refractivity contribution in [1.82, 2.24) is 15.0 Å². The van der Waals surface area contributed by atoms with Crippen LogP contribution >= 0.6 is 7.60 Å². The summed E-state index contributed by atoms with van der Waals surface area (Å²) in [6.45, 7) is -0.0462. The summed E-state index contributed by atoms with van der Waals surface area (Å²) >= 11 is 0. The molecule has 1 aliphatic carbocycles. The van der Waals surface area contributed by atoms with Crippen LogP contribution in [-0.2, 0) is 27.8 Å². The lowest BCUT2D eigenvalue weighted by Crippen LogP contribution is -2.48. The molecular formula is C17H21N4O6P. The number of hydrogen-bond acceptors (Lipinski definition) is 6. The van der Waals surface area contributed by atoms with Crippen LogP contribution in [0, 0.1) is 5.92 Å². The van der Waals surface area contributed by atoms with Crippen LogP contribution < -0.4 is 4.90 Å². The summed E-state index contributed by atoms with van der Waals surface area (Å²) in [6.07, 6.45) is 1.82. The molecule has 2 atom stereocenters. The SMILES string of the molecule is O=C1N(Cc2cn(CP(=O)(O)O)nn2)c2ccccc2C1(O)C(O)CC1CC1. The van der Waals surface area contributed by atoms with Crippen molar-refractivity contribution >= 4 is 19.2 Å². The van der Waals surface area contributed by atoms with E-state index in [0.717, 1.165) is 17.5 Å². The van der Waals surface area contributed by atoms with Crippen molar-refractivity contribution in [2.45, 2.75) is 43.8 Å². The number of carbonyl (C=O) groups excluding carboxylic acids is 1. The summed E-state index contributed by atoms with van der Waals surface area (Å²) in [7, 11) is -4.31. The Hall–Kier alpha value is -2.10. The quantitative estimate of drug-likeness (QED) is 0.478. The standard InChI is InChI=1S/C17H21N4O6P/c22-15(7-11-5-6-11)17(24)13-3-1-2-4-14(13)21(16(17)23)9-12-8-20(19-18-12)10-28(25,26)27/h1-4,8,11,15,22,24H,5-7,9-10H2,(H2,25,26,27). The van der Waals surface area contributed by atoms with Gasteiger partial charge in [-0.15, -0.1) is 5.10 Å². The van der Waals surface area contributed by atoms with Gasteiger partial charge in [-0.25, -0.2) is 4.68 Å². The average Bonchev–Trinajstić information content (AvgIpc) is 3.30. The molecule has 4 rings (SSSR count). The zero-order valence-corrected chi connectivity index (χ0v) is 15.8. The molecule has 1 fully saturated rings. The number of aromatic nitrogens is 3. The zero-order valence-electron chi connectivity index (χ0n) is 14.9. The topological polar surface area (TPSA) is 149 Å². The Labute approximate surface area is 160 Å². The summed E-state index contributed by atoms with van der Waals surface area (Å²) in [4.78, 5) is 32.5. The minimum Gasteiger partial charge on any atom is -0.389 e. The first-order valence-corrected chi connectivity index (χ1v) is 10.7. The number of aliphatic hydroxyl groups is 2. The zero-order chi connectivity index (χ0) is 20.1. The van der Waals surface area contributed by atoms with Crippen molar-refractivity contribution in [2.75, 3.05) is 4.90 Å². The van der Waals surface area contributed by atoms with Gasteiger partial charge in [-0.05, 0) is 18.4 Å². The maximum absolute atomic E-state index is 13.1. The Balaban J connectivity index is 1.61. The fourth-order valence-electron chi connectivity index (χ4n) is 3.61. The van der Waals surface area contributed by atoms with Crippen LogP contribution in [0.3, 0.4) is 0 Å². The average molecular weight is 408 g/mol. The third kappa shape index (κ3) is 3.49. The maximum Gasteiger partial charge on any atom is 0.346 e. The summed E-state index contributed by atoms with van der Waals surface area (Å²) in [5.74, 6) is -0.327. The maximum atomic E-state index is 13.1. The van der Waals surface area contributed by atoms with Gasteiger partial charge in [-0.1, -0.05) is 36.3 Å². The molecule has 2 unspecified atom stereocenters. The lowest BCUT2D eigenvalue weighted by atomic mass is 9.86. The van der Waals surface area contributed by atoms with E-state index in [-0.39, 0.29) is 6.54 Å². The largest absolute Gasteiger partial charge is 0.389 e. The van der Waals surface area contributed by atoms with E-state index in [1.54, 1.807) is 24.3 Å². The number of para-hydroxylation sites is 1. The molecule has 2 heterocycles.